The van der Waals surface area contributed by atoms with Crippen LogP contribution in [0.1, 0.15) is 26.5 Å². The molecular formula is C20H17N3O4. The van der Waals surface area contributed by atoms with Crippen LogP contribution < -0.4 is 15.5 Å². The van der Waals surface area contributed by atoms with Crippen molar-refractivity contribution in [2.24, 2.45) is 5.10 Å². The molecule has 27 heavy (non-hydrogen) atoms. The number of carbonyl (C=O) groups is 2. The molecule has 1 aromatic heterocycles. The standard InChI is InChI=1S/C20H17N3O4/c1-26-17-9-7-14(8-10-17)19(24)22-16-5-2-4-15(12-16)20(25)23-21-13-18-6-3-11-27-18/h2-13H,1H3,(H,22,24)(H,23,25). The Balaban J connectivity index is 1.63. The van der Waals surface area contributed by atoms with Crippen molar-refractivity contribution in [2.45, 2.75) is 0 Å². The largest absolute Gasteiger partial charge is 0.497 e. The Morgan fingerprint density at radius 3 is 2.52 bits per heavy atom. The zero-order valence-electron chi connectivity index (χ0n) is 14.5. The molecule has 0 aliphatic rings. The van der Waals surface area contributed by atoms with Crippen LogP contribution in [0.15, 0.2) is 76.4 Å². The number of amides is 2. The van der Waals surface area contributed by atoms with E-state index in [4.69, 9.17) is 9.15 Å². The van der Waals surface area contributed by atoms with Crippen molar-refractivity contribution in [3.05, 3.63) is 83.8 Å². The molecule has 2 aromatic carbocycles. The molecule has 0 atom stereocenters. The van der Waals surface area contributed by atoms with E-state index in [2.05, 4.69) is 15.8 Å². The fourth-order valence-electron chi connectivity index (χ4n) is 2.27. The maximum Gasteiger partial charge on any atom is 0.271 e. The summed E-state index contributed by atoms with van der Waals surface area (Å²) < 4.78 is 10.2. The number of hydrogen-bond donors (Lipinski definition) is 2. The summed E-state index contributed by atoms with van der Waals surface area (Å²) in [5.74, 6) is 0.500. The van der Waals surface area contributed by atoms with E-state index in [1.807, 2.05) is 0 Å². The van der Waals surface area contributed by atoms with Crippen molar-refractivity contribution in [1.29, 1.82) is 0 Å². The lowest BCUT2D eigenvalue weighted by atomic mass is 10.1. The summed E-state index contributed by atoms with van der Waals surface area (Å²) in [6.45, 7) is 0. The van der Waals surface area contributed by atoms with Crippen molar-refractivity contribution in [3.8, 4) is 5.75 Å². The van der Waals surface area contributed by atoms with Gasteiger partial charge >= 0.3 is 0 Å². The molecule has 0 aliphatic heterocycles. The molecule has 2 amide bonds. The number of nitrogens with zero attached hydrogens (tertiary/aromatic N) is 1. The van der Waals surface area contributed by atoms with Crippen molar-refractivity contribution >= 4 is 23.7 Å². The minimum absolute atomic E-state index is 0.286. The van der Waals surface area contributed by atoms with Gasteiger partial charge in [0.25, 0.3) is 11.8 Å². The minimum Gasteiger partial charge on any atom is -0.497 e. The predicted octanol–water partition coefficient (Wildman–Crippen LogP) is 3.30. The number of hydrazone groups is 1. The normalized spacial score (nSPS) is 10.6. The fourth-order valence-corrected chi connectivity index (χ4v) is 2.27. The Kier molecular flexibility index (Phi) is 5.64. The Bertz CT molecular complexity index is 948. The van der Waals surface area contributed by atoms with Gasteiger partial charge in [-0.1, -0.05) is 6.07 Å². The summed E-state index contributed by atoms with van der Waals surface area (Å²) in [4.78, 5) is 24.5. The summed E-state index contributed by atoms with van der Waals surface area (Å²) in [5.41, 5.74) is 3.75. The molecule has 0 saturated heterocycles. The molecule has 0 bridgehead atoms. The van der Waals surface area contributed by atoms with Crippen LogP contribution in [-0.4, -0.2) is 25.1 Å². The maximum absolute atomic E-state index is 12.3. The van der Waals surface area contributed by atoms with Gasteiger partial charge in [0.15, 0.2) is 0 Å². The van der Waals surface area contributed by atoms with Gasteiger partial charge in [-0.15, -0.1) is 0 Å². The van der Waals surface area contributed by atoms with Crippen LogP contribution >= 0.6 is 0 Å². The lowest BCUT2D eigenvalue weighted by molar-refractivity contribution is 0.0953. The van der Waals surface area contributed by atoms with Crippen molar-refractivity contribution in [1.82, 2.24) is 5.43 Å². The first-order valence-electron chi connectivity index (χ1n) is 8.08. The maximum atomic E-state index is 12.3. The number of furan rings is 1. The van der Waals surface area contributed by atoms with E-state index >= 15 is 0 Å². The van der Waals surface area contributed by atoms with E-state index < -0.39 is 5.91 Å². The highest BCUT2D eigenvalue weighted by atomic mass is 16.5. The molecule has 0 saturated carbocycles. The van der Waals surface area contributed by atoms with Crippen LogP contribution in [0.5, 0.6) is 5.75 Å². The highest BCUT2D eigenvalue weighted by Gasteiger charge is 2.09. The van der Waals surface area contributed by atoms with Gasteiger partial charge in [-0.05, 0) is 54.6 Å². The molecule has 3 rings (SSSR count). The first-order valence-corrected chi connectivity index (χ1v) is 8.08. The number of hydrogen-bond acceptors (Lipinski definition) is 5. The number of carbonyl (C=O) groups excluding carboxylic acids is 2. The summed E-state index contributed by atoms with van der Waals surface area (Å²) >= 11 is 0. The van der Waals surface area contributed by atoms with Gasteiger partial charge in [0.2, 0.25) is 0 Å². The molecule has 0 spiro atoms. The van der Waals surface area contributed by atoms with E-state index in [-0.39, 0.29) is 5.91 Å². The lowest BCUT2D eigenvalue weighted by Crippen LogP contribution is -2.18. The zero-order valence-corrected chi connectivity index (χ0v) is 14.5. The van der Waals surface area contributed by atoms with Crippen molar-refractivity contribution in [3.63, 3.8) is 0 Å². The lowest BCUT2D eigenvalue weighted by Gasteiger charge is -2.07. The van der Waals surface area contributed by atoms with Gasteiger partial charge in [-0.3, -0.25) is 9.59 Å². The number of rotatable bonds is 6. The van der Waals surface area contributed by atoms with Crippen LogP contribution in [0.2, 0.25) is 0 Å². The molecule has 7 nitrogen and oxygen atoms in total. The molecule has 0 radical (unpaired) electrons. The van der Waals surface area contributed by atoms with Crippen LogP contribution in [-0.2, 0) is 0 Å². The van der Waals surface area contributed by atoms with Crippen LogP contribution in [0, 0.1) is 0 Å². The van der Waals surface area contributed by atoms with E-state index in [0.29, 0.717) is 28.3 Å². The first-order chi connectivity index (χ1) is 13.2. The second-order valence-corrected chi connectivity index (χ2v) is 5.48. The third kappa shape index (κ3) is 4.82. The average molecular weight is 363 g/mol. The smallest absolute Gasteiger partial charge is 0.271 e. The third-order valence-corrected chi connectivity index (χ3v) is 3.64. The highest BCUT2D eigenvalue weighted by molar-refractivity contribution is 6.05. The van der Waals surface area contributed by atoms with Gasteiger partial charge in [-0.2, -0.15) is 5.10 Å². The van der Waals surface area contributed by atoms with E-state index in [1.165, 1.54) is 12.5 Å². The predicted molar refractivity (Wildman–Crippen MR) is 101 cm³/mol. The molecule has 7 heteroatoms. The molecule has 136 valence electrons. The highest BCUT2D eigenvalue weighted by Crippen LogP contribution is 2.15. The molecule has 0 aliphatic carbocycles. The number of anilines is 1. The number of nitrogens with one attached hydrogen (secondary N) is 2. The Morgan fingerprint density at radius 2 is 1.81 bits per heavy atom. The fraction of sp³-hybridized carbons (Fsp3) is 0.0500. The first kappa shape index (κ1) is 17.9. The Hall–Kier alpha value is -3.87. The summed E-state index contributed by atoms with van der Waals surface area (Å²) in [5, 5.41) is 6.58. The SMILES string of the molecule is COc1ccc(C(=O)Nc2cccc(C(=O)NN=Cc3ccco3)c2)cc1. The van der Waals surface area contributed by atoms with E-state index in [1.54, 1.807) is 67.8 Å². The second kappa shape index (κ2) is 8.48. The van der Waals surface area contributed by atoms with Gasteiger partial charge in [0.1, 0.15) is 11.5 Å². The summed E-state index contributed by atoms with van der Waals surface area (Å²) in [6.07, 6.45) is 2.91. The molecule has 1 heterocycles. The number of ether oxygens (including phenoxy) is 1. The third-order valence-electron chi connectivity index (χ3n) is 3.64. The monoisotopic (exact) mass is 363 g/mol. The second-order valence-electron chi connectivity index (χ2n) is 5.48. The topological polar surface area (TPSA) is 92.9 Å². The molecule has 0 fully saturated rings. The Morgan fingerprint density at radius 1 is 1.00 bits per heavy atom. The van der Waals surface area contributed by atoms with Crippen LogP contribution in [0.25, 0.3) is 0 Å². The van der Waals surface area contributed by atoms with Crippen molar-refractivity contribution < 1.29 is 18.7 Å². The molecule has 2 N–H and O–H groups in total. The quantitative estimate of drug-likeness (QED) is 0.519. The average Bonchev–Trinajstić information content (AvgIpc) is 3.21. The van der Waals surface area contributed by atoms with Gasteiger partial charge in [-0.25, -0.2) is 5.43 Å². The van der Waals surface area contributed by atoms with E-state index in [0.717, 1.165) is 0 Å². The van der Waals surface area contributed by atoms with Gasteiger partial charge in [0, 0.05) is 16.8 Å². The molecule has 0 unspecified atom stereocenters. The summed E-state index contributed by atoms with van der Waals surface area (Å²) in [6, 6.07) is 16.7. The van der Waals surface area contributed by atoms with Gasteiger partial charge in [0.05, 0.1) is 19.6 Å². The number of benzene rings is 2. The summed E-state index contributed by atoms with van der Waals surface area (Å²) in [7, 11) is 1.56. The van der Waals surface area contributed by atoms with Crippen LogP contribution in [0.3, 0.4) is 0 Å². The zero-order chi connectivity index (χ0) is 19.1. The minimum atomic E-state index is -0.404. The van der Waals surface area contributed by atoms with E-state index in [9.17, 15) is 9.59 Å². The Labute approximate surface area is 155 Å². The molecular weight excluding hydrogens is 346 g/mol. The van der Waals surface area contributed by atoms with Crippen molar-refractivity contribution in [2.75, 3.05) is 12.4 Å². The molecule has 3 aromatic rings. The van der Waals surface area contributed by atoms with Gasteiger partial charge < -0.3 is 14.5 Å². The number of methoxy groups -OCH3 is 1. The van der Waals surface area contributed by atoms with Crippen LogP contribution in [0.4, 0.5) is 5.69 Å².